The number of carbonyl (C=O) groups excluding carboxylic acids is 1. The molecule has 0 aromatic heterocycles. The zero-order chi connectivity index (χ0) is 15.5. The van der Waals surface area contributed by atoms with Crippen LogP contribution >= 0.6 is 0 Å². The Labute approximate surface area is 119 Å². The van der Waals surface area contributed by atoms with Gasteiger partial charge in [-0.2, -0.15) is 0 Å². The van der Waals surface area contributed by atoms with E-state index in [-0.39, 0.29) is 29.3 Å². The number of amides is 1. The van der Waals surface area contributed by atoms with Crippen molar-refractivity contribution in [2.75, 3.05) is 5.32 Å². The number of hydrogen-bond donors (Lipinski definition) is 3. The zero-order valence-corrected chi connectivity index (χ0v) is 12.4. The Morgan fingerprint density at radius 3 is 2.45 bits per heavy atom. The lowest BCUT2D eigenvalue weighted by atomic mass is 9.85. The van der Waals surface area contributed by atoms with Crippen LogP contribution in [0, 0.1) is 12.3 Å². The summed E-state index contributed by atoms with van der Waals surface area (Å²) in [6, 6.07) is 4.59. The van der Waals surface area contributed by atoms with E-state index in [2.05, 4.69) is 5.32 Å². The van der Waals surface area contributed by atoms with Crippen LogP contribution in [0.15, 0.2) is 18.2 Å². The van der Waals surface area contributed by atoms with Gasteiger partial charge >= 0.3 is 5.97 Å². The summed E-state index contributed by atoms with van der Waals surface area (Å²) in [6.07, 6.45) is 0.149. The SMILES string of the molecule is Cc1ccc(NC(=O)CC(N)C(C)(C)C)c(C(=O)O)c1. The molecule has 0 aliphatic carbocycles. The van der Waals surface area contributed by atoms with Crippen LogP contribution in [0.3, 0.4) is 0 Å². The van der Waals surface area contributed by atoms with Gasteiger partial charge in [-0.3, -0.25) is 4.79 Å². The second-order valence-electron chi connectivity index (χ2n) is 6.08. The third-order valence-electron chi connectivity index (χ3n) is 3.20. The lowest BCUT2D eigenvalue weighted by molar-refractivity contribution is -0.117. The van der Waals surface area contributed by atoms with Crippen molar-refractivity contribution < 1.29 is 14.7 Å². The van der Waals surface area contributed by atoms with Crippen LogP contribution in [0.25, 0.3) is 0 Å². The highest BCUT2D eigenvalue weighted by Gasteiger charge is 2.23. The van der Waals surface area contributed by atoms with Crippen LogP contribution in [0.2, 0.25) is 0 Å². The van der Waals surface area contributed by atoms with Crippen molar-refractivity contribution in [3.05, 3.63) is 29.3 Å². The number of carbonyl (C=O) groups is 2. The minimum Gasteiger partial charge on any atom is -0.478 e. The van der Waals surface area contributed by atoms with Crippen molar-refractivity contribution in [3.63, 3.8) is 0 Å². The molecule has 1 aromatic carbocycles. The van der Waals surface area contributed by atoms with Crippen LogP contribution in [-0.4, -0.2) is 23.0 Å². The minimum atomic E-state index is -1.07. The molecule has 0 saturated carbocycles. The molecule has 1 aromatic rings. The van der Waals surface area contributed by atoms with E-state index in [9.17, 15) is 9.59 Å². The molecule has 110 valence electrons. The van der Waals surface area contributed by atoms with E-state index in [1.54, 1.807) is 19.1 Å². The predicted molar refractivity (Wildman–Crippen MR) is 78.8 cm³/mol. The molecule has 0 bridgehead atoms. The molecular weight excluding hydrogens is 256 g/mol. The van der Waals surface area contributed by atoms with Gasteiger partial charge in [-0.1, -0.05) is 32.4 Å². The molecular formula is C15H22N2O3. The number of nitrogens with one attached hydrogen (secondary N) is 1. The topological polar surface area (TPSA) is 92.4 Å². The molecule has 1 amide bonds. The van der Waals surface area contributed by atoms with Crippen molar-refractivity contribution in [3.8, 4) is 0 Å². The summed E-state index contributed by atoms with van der Waals surface area (Å²) < 4.78 is 0. The maximum Gasteiger partial charge on any atom is 0.337 e. The Bertz CT molecular complexity index is 518. The van der Waals surface area contributed by atoms with Crippen molar-refractivity contribution in [2.24, 2.45) is 11.1 Å². The molecule has 0 spiro atoms. The molecule has 0 saturated heterocycles. The van der Waals surface area contributed by atoms with Crippen LogP contribution < -0.4 is 11.1 Å². The molecule has 1 rings (SSSR count). The first-order chi connectivity index (χ1) is 9.11. The van der Waals surface area contributed by atoms with Gasteiger partial charge in [0.15, 0.2) is 0 Å². The number of aromatic carboxylic acids is 1. The molecule has 0 fully saturated rings. The second kappa shape index (κ2) is 6.05. The Morgan fingerprint density at radius 2 is 1.95 bits per heavy atom. The van der Waals surface area contributed by atoms with Crippen LogP contribution in [-0.2, 0) is 4.79 Å². The minimum absolute atomic E-state index is 0.0858. The Hall–Kier alpha value is -1.88. The molecule has 0 heterocycles. The summed E-state index contributed by atoms with van der Waals surface area (Å²) in [7, 11) is 0. The number of nitrogens with two attached hydrogens (primary N) is 1. The fourth-order valence-corrected chi connectivity index (χ4v) is 1.65. The lowest BCUT2D eigenvalue weighted by Crippen LogP contribution is -2.38. The highest BCUT2D eigenvalue weighted by Crippen LogP contribution is 2.21. The van der Waals surface area contributed by atoms with E-state index in [1.807, 2.05) is 20.8 Å². The first-order valence-electron chi connectivity index (χ1n) is 6.50. The van der Waals surface area contributed by atoms with Gasteiger partial charge in [0.2, 0.25) is 5.91 Å². The fraction of sp³-hybridized carbons (Fsp3) is 0.467. The summed E-state index contributed by atoms with van der Waals surface area (Å²) in [4.78, 5) is 23.1. The molecule has 4 N–H and O–H groups in total. The monoisotopic (exact) mass is 278 g/mol. The second-order valence-corrected chi connectivity index (χ2v) is 6.08. The van der Waals surface area contributed by atoms with E-state index < -0.39 is 5.97 Å². The normalized spacial score (nSPS) is 12.8. The third-order valence-corrected chi connectivity index (χ3v) is 3.20. The van der Waals surface area contributed by atoms with Gasteiger partial charge in [-0.05, 0) is 24.5 Å². The summed E-state index contributed by atoms with van der Waals surface area (Å²) in [6.45, 7) is 7.67. The van der Waals surface area contributed by atoms with Gasteiger partial charge in [-0.15, -0.1) is 0 Å². The quantitative estimate of drug-likeness (QED) is 0.788. The van der Waals surface area contributed by atoms with Gasteiger partial charge in [0.05, 0.1) is 11.3 Å². The van der Waals surface area contributed by atoms with Crippen molar-refractivity contribution in [1.82, 2.24) is 0 Å². The van der Waals surface area contributed by atoms with Crippen molar-refractivity contribution in [2.45, 2.75) is 40.2 Å². The van der Waals surface area contributed by atoms with E-state index in [0.29, 0.717) is 5.69 Å². The summed E-state index contributed by atoms with van der Waals surface area (Å²) in [5.74, 6) is -1.34. The average Bonchev–Trinajstić information content (AvgIpc) is 2.29. The Balaban J connectivity index is 2.84. The van der Waals surface area contributed by atoms with E-state index >= 15 is 0 Å². The van der Waals surface area contributed by atoms with Crippen LogP contribution in [0.5, 0.6) is 0 Å². The lowest BCUT2D eigenvalue weighted by Gasteiger charge is -2.26. The Kier molecular flexibility index (Phi) is 4.89. The van der Waals surface area contributed by atoms with Crippen LogP contribution in [0.1, 0.15) is 43.1 Å². The van der Waals surface area contributed by atoms with Crippen molar-refractivity contribution >= 4 is 17.6 Å². The number of carboxylic acids is 1. The first-order valence-corrected chi connectivity index (χ1v) is 6.50. The fourth-order valence-electron chi connectivity index (χ4n) is 1.65. The molecule has 0 aliphatic rings. The molecule has 20 heavy (non-hydrogen) atoms. The molecule has 5 nitrogen and oxygen atoms in total. The average molecular weight is 278 g/mol. The van der Waals surface area contributed by atoms with Gasteiger partial charge < -0.3 is 16.2 Å². The van der Waals surface area contributed by atoms with E-state index in [0.717, 1.165) is 5.56 Å². The standard InChI is InChI=1S/C15H22N2O3/c1-9-5-6-11(10(7-9)14(19)20)17-13(18)8-12(16)15(2,3)4/h5-7,12H,8,16H2,1-4H3,(H,17,18)(H,19,20). The zero-order valence-electron chi connectivity index (χ0n) is 12.4. The van der Waals surface area contributed by atoms with Gasteiger partial charge in [0, 0.05) is 12.5 Å². The van der Waals surface area contributed by atoms with E-state index in [1.165, 1.54) is 6.07 Å². The first kappa shape index (κ1) is 16.2. The number of hydrogen-bond acceptors (Lipinski definition) is 3. The largest absolute Gasteiger partial charge is 0.478 e. The molecule has 1 atom stereocenters. The van der Waals surface area contributed by atoms with Gasteiger partial charge in [0.1, 0.15) is 0 Å². The van der Waals surface area contributed by atoms with Gasteiger partial charge in [-0.25, -0.2) is 4.79 Å². The maximum absolute atomic E-state index is 11.9. The molecule has 5 heteroatoms. The highest BCUT2D eigenvalue weighted by molar-refractivity contribution is 6.00. The smallest absolute Gasteiger partial charge is 0.337 e. The predicted octanol–water partition coefficient (Wildman–Crippen LogP) is 2.40. The van der Waals surface area contributed by atoms with Gasteiger partial charge in [0.25, 0.3) is 0 Å². The number of carboxylic acid groups (broad SMARTS) is 1. The Morgan fingerprint density at radius 1 is 1.35 bits per heavy atom. The number of rotatable bonds is 4. The number of benzene rings is 1. The highest BCUT2D eigenvalue weighted by atomic mass is 16.4. The third kappa shape index (κ3) is 4.35. The number of aryl methyl sites for hydroxylation is 1. The summed E-state index contributed by atoms with van der Waals surface area (Å²) in [5.41, 5.74) is 6.98. The maximum atomic E-state index is 11.9. The molecule has 1 unspecified atom stereocenters. The summed E-state index contributed by atoms with van der Waals surface area (Å²) >= 11 is 0. The summed E-state index contributed by atoms with van der Waals surface area (Å²) in [5, 5.41) is 11.8. The molecule has 0 radical (unpaired) electrons. The van der Waals surface area contributed by atoms with E-state index in [4.69, 9.17) is 10.8 Å². The van der Waals surface area contributed by atoms with Crippen LogP contribution in [0.4, 0.5) is 5.69 Å². The molecule has 0 aliphatic heterocycles. The van der Waals surface area contributed by atoms with Crippen molar-refractivity contribution in [1.29, 1.82) is 0 Å². The number of anilines is 1.